The number of carbonyl (C=O) groups is 2. The van der Waals surface area contributed by atoms with E-state index < -0.39 is 77.9 Å². The quantitative estimate of drug-likeness (QED) is 0.156. The molecule has 2 saturated heterocycles. The molecule has 356 valence electrons. The number of nitrogens with zero attached hydrogens (tertiary/aromatic N) is 2. The van der Waals surface area contributed by atoms with Gasteiger partial charge in [-0.15, -0.1) is 0 Å². The minimum atomic E-state index is -3.95. The number of alkyl carbamates (subject to hydrolysis) is 1. The summed E-state index contributed by atoms with van der Waals surface area (Å²) in [6.45, 7) is 10.3. The van der Waals surface area contributed by atoms with E-state index in [1.165, 1.54) is 40.6 Å². The summed E-state index contributed by atoms with van der Waals surface area (Å²) < 4.78 is 84.2. The number of sulfonamides is 1. The second-order valence-electron chi connectivity index (χ2n) is 19.8. The number of piperidine rings is 1. The van der Waals surface area contributed by atoms with Crippen molar-refractivity contribution < 1.29 is 60.3 Å². The van der Waals surface area contributed by atoms with Crippen molar-refractivity contribution in [3.63, 3.8) is 0 Å². The van der Waals surface area contributed by atoms with Gasteiger partial charge in [-0.05, 0) is 134 Å². The van der Waals surface area contributed by atoms with E-state index in [0.717, 1.165) is 24.0 Å². The maximum absolute atomic E-state index is 14.2. The zero-order valence-electron chi connectivity index (χ0n) is 38.3. The van der Waals surface area contributed by atoms with Gasteiger partial charge in [-0.2, -0.15) is 4.31 Å². The second kappa shape index (κ2) is 18.0. The van der Waals surface area contributed by atoms with Crippen LogP contribution < -0.4 is 14.8 Å². The lowest BCUT2D eigenvalue weighted by molar-refractivity contribution is -0.0329. The average molecular weight is 942 g/mol. The zero-order chi connectivity index (χ0) is 47.2. The summed E-state index contributed by atoms with van der Waals surface area (Å²) in [5.41, 5.74) is -0.426. The molecule has 3 N–H and O–H groups in total. The molecule has 0 radical (unpaired) electrons. The predicted octanol–water partition coefficient (Wildman–Crippen LogP) is 6.16. The molecule has 2 aliphatic heterocycles. The number of aliphatic hydroxyl groups is 2. The number of sulfone groups is 1. The van der Waals surface area contributed by atoms with Crippen molar-refractivity contribution in [3.05, 3.63) is 72.3 Å². The van der Waals surface area contributed by atoms with Crippen molar-refractivity contribution in [1.82, 2.24) is 14.5 Å². The Morgan fingerprint density at radius 1 is 0.877 bits per heavy atom. The molecule has 2 aliphatic carbocycles. The number of methoxy groups -OCH3 is 1. The third kappa shape index (κ3) is 10.7. The van der Waals surface area contributed by atoms with Crippen molar-refractivity contribution in [2.24, 2.45) is 0 Å². The first-order chi connectivity index (χ1) is 30.4. The Morgan fingerprint density at radius 3 is 2.12 bits per heavy atom. The van der Waals surface area contributed by atoms with Crippen molar-refractivity contribution in [3.8, 4) is 22.6 Å². The van der Waals surface area contributed by atoms with E-state index in [-0.39, 0.29) is 48.4 Å². The Hall–Kier alpha value is -4.46. The Labute approximate surface area is 382 Å². The van der Waals surface area contributed by atoms with Gasteiger partial charge >= 0.3 is 12.2 Å². The molecule has 4 aliphatic rings. The lowest BCUT2D eigenvalue weighted by atomic mass is 9.88. The SMILES string of the molecule is COc1ccc(S(=O)(=O)N2CCC3(CC2)C[C@@H](N(C[C@H](O)COc2cccc(S(=O)(=O)C4(CO)CC4)c2)C(=O)OC(C)(C)C)CO3)cc1-c1ccc(C2(NC(=O)OC(C)(C)C)CC2)cc1. The Morgan fingerprint density at radius 2 is 1.54 bits per heavy atom. The lowest BCUT2D eigenvalue weighted by Crippen LogP contribution is -2.50. The van der Waals surface area contributed by atoms with Crippen LogP contribution in [0.2, 0.25) is 0 Å². The normalized spacial score (nSPS) is 20.7. The van der Waals surface area contributed by atoms with E-state index in [9.17, 15) is 36.6 Å². The second-order valence-corrected chi connectivity index (χ2v) is 24.1. The van der Waals surface area contributed by atoms with Crippen molar-refractivity contribution in [1.29, 1.82) is 0 Å². The van der Waals surface area contributed by atoms with E-state index in [1.54, 1.807) is 39.0 Å². The number of hydrogen-bond donors (Lipinski definition) is 3. The molecule has 4 fully saturated rings. The first-order valence-corrected chi connectivity index (χ1v) is 25.1. The smallest absolute Gasteiger partial charge is 0.410 e. The molecule has 2 saturated carbocycles. The number of nitrogens with one attached hydrogen (secondary N) is 1. The number of benzene rings is 3. The lowest BCUT2D eigenvalue weighted by Gasteiger charge is -2.38. The van der Waals surface area contributed by atoms with E-state index in [0.29, 0.717) is 43.4 Å². The van der Waals surface area contributed by atoms with Gasteiger partial charge in [0.1, 0.15) is 35.4 Å². The summed E-state index contributed by atoms with van der Waals surface area (Å²) in [5.74, 6) is 0.717. The summed E-state index contributed by atoms with van der Waals surface area (Å²) in [6, 6.07) is 17.9. The van der Waals surface area contributed by atoms with Gasteiger partial charge in [-0.1, -0.05) is 30.3 Å². The molecule has 0 unspecified atom stereocenters. The molecule has 2 amide bonds. The fourth-order valence-corrected chi connectivity index (χ4v) is 11.9. The number of hydrogen-bond acceptors (Lipinski definition) is 13. The molecule has 7 rings (SSSR count). The molecule has 1 spiro atoms. The van der Waals surface area contributed by atoms with Crippen LogP contribution in [0, 0.1) is 0 Å². The molecule has 0 bridgehead atoms. The number of aliphatic hydroxyl groups excluding tert-OH is 2. The number of carbonyl (C=O) groups excluding carboxylic acids is 2. The highest BCUT2D eigenvalue weighted by atomic mass is 32.2. The van der Waals surface area contributed by atoms with Crippen LogP contribution in [0.15, 0.2) is 76.5 Å². The Bertz CT molecular complexity index is 2450. The maximum Gasteiger partial charge on any atom is 0.410 e. The summed E-state index contributed by atoms with van der Waals surface area (Å²) in [5, 5.41) is 23.9. The van der Waals surface area contributed by atoms with Gasteiger partial charge in [0.2, 0.25) is 10.0 Å². The first kappa shape index (κ1) is 48.5. The highest BCUT2D eigenvalue weighted by Gasteiger charge is 2.55. The van der Waals surface area contributed by atoms with Gasteiger partial charge in [-0.3, -0.25) is 0 Å². The highest BCUT2D eigenvalue weighted by molar-refractivity contribution is 7.93. The number of ether oxygens (including phenoxy) is 5. The third-order valence-electron chi connectivity index (χ3n) is 12.6. The van der Waals surface area contributed by atoms with Crippen LogP contribution in [-0.2, 0) is 39.6 Å². The minimum absolute atomic E-state index is 0.0213. The Kier molecular flexibility index (Phi) is 13.4. The molecular weight excluding hydrogens is 879 g/mol. The van der Waals surface area contributed by atoms with Gasteiger partial charge in [-0.25, -0.2) is 26.4 Å². The van der Waals surface area contributed by atoms with Crippen LogP contribution in [0.1, 0.15) is 92.1 Å². The van der Waals surface area contributed by atoms with E-state index in [4.69, 9.17) is 23.7 Å². The van der Waals surface area contributed by atoms with Crippen LogP contribution in [0.3, 0.4) is 0 Å². The summed E-state index contributed by atoms with van der Waals surface area (Å²) in [4.78, 5) is 27.8. The van der Waals surface area contributed by atoms with E-state index in [2.05, 4.69) is 5.32 Å². The standard InChI is InChI=1S/C47H63N3O13S2/c1-43(2,3)62-41(53)48-47(19-20-47)33-13-11-32(12-14-33)39-26-38(15-16-40(39)59-7)65(57,58)49-23-21-45(22-24-49)27-34(29-61-45)50(42(54)63-44(4,5)6)28-35(52)30-60-36-9-8-10-37(25-36)64(55,56)46(31-51)17-18-46/h8-16,25-26,34-35,51-52H,17-24,27-31H2,1-7H3,(H,48,53)/t34-,35+/m1/s1. The molecule has 16 nitrogen and oxygen atoms in total. The van der Waals surface area contributed by atoms with Gasteiger partial charge in [0, 0.05) is 18.7 Å². The fourth-order valence-electron chi connectivity index (χ4n) is 8.60. The number of amides is 2. The molecule has 3 aromatic rings. The molecule has 2 atom stereocenters. The van der Waals surface area contributed by atoms with E-state index in [1.807, 2.05) is 45.0 Å². The fraction of sp³-hybridized carbons (Fsp3) is 0.574. The molecule has 2 heterocycles. The van der Waals surface area contributed by atoms with Crippen molar-refractivity contribution >= 4 is 32.0 Å². The average Bonchev–Trinajstić information content (AvgIpc) is 4.18. The van der Waals surface area contributed by atoms with Crippen LogP contribution in [0.4, 0.5) is 9.59 Å². The third-order valence-corrected chi connectivity index (χ3v) is 17.0. The van der Waals surface area contributed by atoms with Crippen LogP contribution in [0.5, 0.6) is 11.5 Å². The Balaban J connectivity index is 0.992. The topological polar surface area (TPSA) is 208 Å². The summed E-state index contributed by atoms with van der Waals surface area (Å²) >= 11 is 0. The van der Waals surface area contributed by atoms with Crippen molar-refractivity contribution in [2.75, 3.05) is 46.6 Å². The first-order valence-electron chi connectivity index (χ1n) is 22.1. The van der Waals surface area contributed by atoms with Crippen LogP contribution in [0.25, 0.3) is 11.1 Å². The molecule has 3 aromatic carbocycles. The van der Waals surface area contributed by atoms with Crippen LogP contribution >= 0.6 is 0 Å². The molecule has 0 aromatic heterocycles. The monoisotopic (exact) mass is 941 g/mol. The van der Waals surface area contributed by atoms with Crippen LogP contribution in [-0.4, -0.2) is 129 Å². The maximum atomic E-state index is 14.2. The largest absolute Gasteiger partial charge is 0.496 e. The predicted molar refractivity (Wildman–Crippen MR) is 241 cm³/mol. The van der Waals surface area contributed by atoms with Gasteiger partial charge < -0.3 is 44.1 Å². The summed E-state index contributed by atoms with van der Waals surface area (Å²) in [6.07, 6.45) is 1.11. The van der Waals surface area contributed by atoms with Gasteiger partial charge in [0.25, 0.3) is 0 Å². The minimum Gasteiger partial charge on any atom is -0.496 e. The van der Waals surface area contributed by atoms with E-state index >= 15 is 0 Å². The molecular formula is C47H63N3O13S2. The van der Waals surface area contributed by atoms with Crippen molar-refractivity contribution in [2.45, 2.75) is 136 Å². The zero-order valence-corrected chi connectivity index (χ0v) is 39.9. The molecule has 65 heavy (non-hydrogen) atoms. The molecule has 18 heteroatoms. The summed E-state index contributed by atoms with van der Waals surface area (Å²) in [7, 11) is -6.21. The number of rotatable bonds is 15. The highest BCUT2D eigenvalue weighted by Crippen LogP contribution is 2.48. The van der Waals surface area contributed by atoms with Gasteiger partial charge in [0.15, 0.2) is 9.84 Å². The van der Waals surface area contributed by atoms with Gasteiger partial charge in [0.05, 0.1) is 58.6 Å².